The second-order valence-corrected chi connectivity index (χ2v) is 3.67. The molecule has 0 bridgehead atoms. The summed E-state index contributed by atoms with van der Waals surface area (Å²) >= 11 is 0. The van der Waals surface area contributed by atoms with E-state index in [0.717, 1.165) is 0 Å². The highest BCUT2D eigenvalue weighted by molar-refractivity contribution is 6.01. The van der Waals surface area contributed by atoms with Crippen LogP contribution in [-0.4, -0.2) is 30.2 Å². The molecular weight excluding hydrogens is 194 g/mol. The van der Waals surface area contributed by atoms with Gasteiger partial charge in [-0.2, -0.15) is 0 Å². The lowest BCUT2D eigenvalue weighted by Gasteiger charge is -2.39. The number of para-hydroxylation sites is 1. The predicted octanol–water partition coefficient (Wildman–Crippen LogP) is -0.451. The highest BCUT2D eigenvalue weighted by Crippen LogP contribution is 2.31. The van der Waals surface area contributed by atoms with E-state index >= 15 is 0 Å². The van der Waals surface area contributed by atoms with Crippen molar-refractivity contribution in [2.45, 2.75) is 6.10 Å². The number of benzene rings is 1. The number of hydrogen-bond donors (Lipinski definition) is 3. The van der Waals surface area contributed by atoms with Crippen LogP contribution in [0.15, 0.2) is 18.2 Å². The number of aliphatic hydroxyl groups is 1. The van der Waals surface area contributed by atoms with E-state index in [1.807, 2.05) is 4.90 Å². The lowest BCUT2D eigenvalue weighted by atomic mass is 10.0. The number of amides is 1. The SMILES string of the molecule is NC(=O)c1cccc(N)c1N1CC(O)C1. The Hall–Kier alpha value is -1.75. The highest BCUT2D eigenvalue weighted by atomic mass is 16.3. The van der Waals surface area contributed by atoms with Crippen LogP contribution in [0.25, 0.3) is 0 Å². The monoisotopic (exact) mass is 207 g/mol. The number of β-amino-alcohol motifs (C(OH)–C–C–N with tert-alkyl or cyclic N) is 1. The summed E-state index contributed by atoms with van der Waals surface area (Å²) in [6.45, 7) is 0.989. The average molecular weight is 207 g/mol. The zero-order valence-electron chi connectivity index (χ0n) is 8.18. The van der Waals surface area contributed by atoms with Crippen molar-refractivity contribution in [3.8, 4) is 0 Å². The van der Waals surface area contributed by atoms with E-state index < -0.39 is 5.91 Å². The summed E-state index contributed by atoms with van der Waals surface area (Å²) in [5.41, 5.74) is 12.6. The molecule has 5 nitrogen and oxygen atoms in total. The Bertz CT molecular complexity index is 400. The second kappa shape index (κ2) is 3.43. The fourth-order valence-corrected chi connectivity index (χ4v) is 1.75. The zero-order chi connectivity index (χ0) is 11.0. The zero-order valence-corrected chi connectivity index (χ0v) is 8.18. The first-order valence-corrected chi connectivity index (χ1v) is 4.71. The standard InChI is InChI=1S/C10H13N3O2/c11-8-3-1-2-7(10(12)15)9(8)13-4-6(14)5-13/h1-3,6,14H,4-5,11H2,(H2,12,15). The molecule has 1 aliphatic rings. The van der Waals surface area contributed by atoms with Crippen molar-refractivity contribution in [3.63, 3.8) is 0 Å². The number of hydrogen-bond acceptors (Lipinski definition) is 4. The van der Waals surface area contributed by atoms with Crippen LogP contribution in [-0.2, 0) is 0 Å². The second-order valence-electron chi connectivity index (χ2n) is 3.67. The van der Waals surface area contributed by atoms with Crippen molar-refractivity contribution in [2.24, 2.45) is 5.73 Å². The molecule has 0 aliphatic carbocycles. The third-order valence-electron chi connectivity index (χ3n) is 2.51. The normalized spacial score (nSPS) is 16.2. The minimum atomic E-state index is -0.501. The molecule has 0 radical (unpaired) electrons. The molecule has 5 N–H and O–H groups in total. The number of aliphatic hydroxyl groups excluding tert-OH is 1. The van der Waals surface area contributed by atoms with Crippen LogP contribution in [0, 0.1) is 0 Å². The summed E-state index contributed by atoms with van der Waals surface area (Å²) in [5, 5.41) is 9.20. The Balaban J connectivity index is 2.39. The van der Waals surface area contributed by atoms with Gasteiger partial charge in [0.2, 0.25) is 0 Å². The van der Waals surface area contributed by atoms with Crippen LogP contribution in [0.2, 0.25) is 0 Å². The molecule has 1 amide bonds. The minimum Gasteiger partial charge on any atom is -0.397 e. The van der Waals surface area contributed by atoms with E-state index in [1.165, 1.54) is 0 Å². The van der Waals surface area contributed by atoms with E-state index in [1.54, 1.807) is 18.2 Å². The maximum Gasteiger partial charge on any atom is 0.250 e. The van der Waals surface area contributed by atoms with Crippen molar-refractivity contribution < 1.29 is 9.90 Å². The van der Waals surface area contributed by atoms with E-state index in [4.69, 9.17) is 11.5 Å². The van der Waals surface area contributed by atoms with Gasteiger partial charge in [0, 0.05) is 13.1 Å². The Morgan fingerprint density at radius 1 is 1.47 bits per heavy atom. The molecule has 1 heterocycles. The van der Waals surface area contributed by atoms with Crippen molar-refractivity contribution in [2.75, 3.05) is 23.7 Å². The quantitative estimate of drug-likeness (QED) is 0.572. The maximum atomic E-state index is 11.2. The van der Waals surface area contributed by atoms with Crippen LogP contribution in [0.3, 0.4) is 0 Å². The van der Waals surface area contributed by atoms with Gasteiger partial charge in [-0.25, -0.2) is 0 Å². The van der Waals surface area contributed by atoms with Crippen LogP contribution in [0.5, 0.6) is 0 Å². The number of nitrogen functional groups attached to an aromatic ring is 1. The smallest absolute Gasteiger partial charge is 0.250 e. The number of nitrogens with two attached hydrogens (primary N) is 2. The van der Waals surface area contributed by atoms with Gasteiger partial charge < -0.3 is 21.5 Å². The van der Waals surface area contributed by atoms with Gasteiger partial charge in [0.1, 0.15) is 0 Å². The third kappa shape index (κ3) is 1.61. The minimum absolute atomic E-state index is 0.342. The Labute approximate surface area is 87.3 Å². The van der Waals surface area contributed by atoms with Crippen LogP contribution in [0.1, 0.15) is 10.4 Å². The summed E-state index contributed by atoms with van der Waals surface area (Å²) in [7, 11) is 0. The molecule has 1 aliphatic heterocycles. The number of carbonyl (C=O) groups excluding carboxylic acids is 1. The number of rotatable bonds is 2. The molecule has 80 valence electrons. The van der Waals surface area contributed by atoms with E-state index in [-0.39, 0.29) is 6.10 Å². The van der Waals surface area contributed by atoms with Crippen molar-refractivity contribution in [1.82, 2.24) is 0 Å². The first-order chi connectivity index (χ1) is 7.09. The van der Waals surface area contributed by atoms with Gasteiger partial charge in [-0.15, -0.1) is 0 Å². The fraction of sp³-hybridized carbons (Fsp3) is 0.300. The summed E-state index contributed by atoms with van der Waals surface area (Å²) in [5.74, 6) is -0.501. The summed E-state index contributed by atoms with van der Waals surface area (Å²) in [6.07, 6.45) is -0.342. The Morgan fingerprint density at radius 2 is 2.13 bits per heavy atom. The van der Waals surface area contributed by atoms with Crippen molar-refractivity contribution >= 4 is 17.3 Å². The number of primary amides is 1. The van der Waals surface area contributed by atoms with Gasteiger partial charge >= 0.3 is 0 Å². The molecule has 2 rings (SSSR count). The number of nitrogens with zero attached hydrogens (tertiary/aromatic N) is 1. The van der Waals surface area contributed by atoms with Crippen LogP contribution >= 0.6 is 0 Å². The van der Waals surface area contributed by atoms with Crippen molar-refractivity contribution in [1.29, 1.82) is 0 Å². The van der Waals surface area contributed by atoms with Crippen LogP contribution < -0.4 is 16.4 Å². The molecule has 0 spiro atoms. The van der Waals surface area contributed by atoms with Gasteiger partial charge in [0.15, 0.2) is 0 Å². The number of carbonyl (C=O) groups is 1. The molecular formula is C10H13N3O2. The largest absolute Gasteiger partial charge is 0.397 e. The molecule has 0 atom stereocenters. The molecule has 15 heavy (non-hydrogen) atoms. The van der Waals surface area contributed by atoms with Gasteiger partial charge in [-0.05, 0) is 12.1 Å². The van der Waals surface area contributed by atoms with E-state index in [9.17, 15) is 9.90 Å². The maximum absolute atomic E-state index is 11.2. The molecule has 1 aromatic carbocycles. The lowest BCUT2D eigenvalue weighted by molar-refractivity contribution is 0.0998. The van der Waals surface area contributed by atoms with E-state index in [0.29, 0.717) is 30.0 Å². The lowest BCUT2D eigenvalue weighted by Crippen LogP contribution is -2.51. The topological polar surface area (TPSA) is 92.6 Å². The molecule has 5 heteroatoms. The predicted molar refractivity (Wildman–Crippen MR) is 57.6 cm³/mol. The molecule has 0 saturated carbocycles. The first kappa shape index (κ1) is 9.79. The molecule has 0 unspecified atom stereocenters. The first-order valence-electron chi connectivity index (χ1n) is 4.71. The van der Waals surface area contributed by atoms with Gasteiger partial charge in [0.05, 0.1) is 23.0 Å². The van der Waals surface area contributed by atoms with Crippen LogP contribution in [0.4, 0.5) is 11.4 Å². The van der Waals surface area contributed by atoms with Gasteiger partial charge in [-0.3, -0.25) is 4.79 Å². The molecule has 0 aromatic heterocycles. The number of anilines is 2. The molecule has 1 fully saturated rings. The Morgan fingerprint density at radius 3 is 2.67 bits per heavy atom. The highest BCUT2D eigenvalue weighted by Gasteiger charge is 2.28. The Kier molecular flexibility index (Phi) is 2.24. The molecule has 1 aromatic rings. The van der Waals surface area contributed by atoms with Gasteiger partial charge in [0.25, 0.3) is 5.91 Å². The summed E-state index contributed by atoms with van der Waals surface area (Å²) in [4.78, 5) is 13.0. The summed E-state index contributed by atoms with van der Waals surface area (Å²) in [6, 6.07) is 5.04. The van der Waals surface area contributed by atoms with Crippen molar-refractivity contribution in [3.05, 3.63) is 23.8 Å². The fourth-order valence-electron chi connectivity index (χ4n) is 1.75. The molecule has 1 saturated heterocycles. The summed E-state index contributed by atoms with van der Waals surface area (Å²) < 4.78 is 0. The third-order valence-corrected chi connectivity index (χ3v) is 2.51. The van der Waals surface area contributed by atoms with E-state index in [2.05, 4.69) is 0 Å². The average Bonchev–Trinajstić information content (AvgIpc) is 2.13. The van der Waals surface area contributed by atoms with Gasteiger partial charge in [-0.1, -0.05) is 6.07 Å².